The standard InChI is InChI=1S/C15H16IN3/c1-2-11-7-3-5-9-13(11)18-15(17)19-14-10-6-4-8-12(14)16/h3-10H,2H2,1H3,(H3,17,18,19). The van der Waals surface area contributed by atoms with Gasteiger partial charge in [-0.05, 0) is 52.8 Å². The molecule has 19 heavy (non-hydrogen) atoms. The molecule has 2 aromatic carbocycles. The Balaban J connectivity index is 2.21. The highest BCUT2D eigenvalue weighted by molar-refractivity contribution is 14.1. The predicted molar refractivity (Wildman–Crippen MR) is 89.9 cm³/mol. The van der Waals surface area contributed by atoms with Crippen LogP contribution in [0.4, 0.5) is 11.4 Å². The number of guanidine groups is 1. The molecule has 0 aliphatic heterocycles. The Bertz CT molecular complexity index is 593. The van der Waals surface area contributed by atoms with Gasteiger partial charge in [0.25, 0.3) is 0 Å². The molecule has 0 aromatic heterocycles. The first-order valence-electron chi connectivity index (χ1n) is 6.14. The maximum atomic E-state index is 5.97. The lowest BCUT2D eigenvalue weighted by Gasteiger charge is -2.10. The number of para-hydroxylation sites is 2. The number of nitrogens with zero attached hydrogens (tertiary/aromatic N) is 1. The van der Waals surface area contributed by atoms with Crippen molar-refractivity contribution in [3.8, 4) is 0 Å². The molecule has 0 saturated heterocycles. The molecule has 2 rings (SSSR count). The molecule has 0 spiro atoms. The highest BCUT2D eigenvalue weighted by atomic mass is 127. The van der Waals surface area contributed by atoms with Crippen LogP contribution in [0.15, 0.2) is 53.5 Å². The summed E-state index contributed by atoms with van der Waals surface area (Å²) in [6.07, 6.45) is 0.958. The van der Waals surface area contributed by atoms with Crippen molar-refractivity contribution in [1.82, 2.24) is 0 Å². The number of nitrogens with two attached hydrogens (primary N) is 1. The molecule has 0 amide bonds. The quantitative estimate of drug-likeness (QED) is 0.492. The van der Waals surface area contributed by atoms with Crippen molar-refractivity contribution in [3.63, 3.8) is 0 Å². The summed E-state index contributed by atoms with van der Waals surface area (Å²) in [6, 6.07) is 16.0. The minimum Gasteiger partial charge on any atom is -0.369 e. The zero-order chi connectivity index (χ0) is 13.7. The van der Waals surface area contributed by atoms with Gasteiger partial charge >= 0.3 is 0 Å². The van der Waals surface area contributed by atoms with Crippen molar-refractivity contribution in [2.45, 2.75) is 13.3 Å². The Morgan fingerprint density at radius 3 is 2.58 bits per heavy atom. The van der Waals surface area contributed by atoms with Crippen LogP contribution in [0.3, 0.4) is 0 Å². The lowest BCUT2D eigenvalue weighted by Crippen LogP contribution is -2.22. The summed E-state index contributed by atoms with van der Waals surface area (Å²) in [4.78, 5) is 4.41. The van der Waals surface area contributed by atoms with E-state index in [0.717, 1.165) is 21.4 Å². The predicted octanol–water partition coefficient (Wildman–Crippen LogP) is 3.91. The van der Waals surface area contributed by atoms with E-state index >= 15 is 0 Å². The fourth-order valence-corrected chi connectivity index (χ4v) is 2.30. The van der Waals surface area contributed by atoms with E-state index in [9.17, 15) is 0 Å². The first kappa shape index (κ1) is 13.9. The van der Waals surface area contributed by atoms with Crippen molar-refractivity contribution >= 4 is 39.9 Å². The van der Waals surface area contributed by atoms with Crippen LogP contribution in [0.1, 0.15) is 12.5 Å². The molecule has 98 valence electrons. The van der Waals surface area contributed by atoms with Crippen LogP contribution in [0, 0.1) is 3.57 Å². The number of nitrogens with one attached hydrogen (secondary N) is 1. The summed E-state index contributed by atoms with van der Waals surface area (Å²) in [5.41, 5.74) is 9.08. The summed E-state index contributed by atoms with van der Waals surface area (Å²) in [7, 11) is 0. The Morgan fingerprint density at radius 1 is 1.16 bits per heavy atom. The van der Waals surface area contributed by atoms with Crippen molar-refractivity contribution in [3.05, 3.63) is 57.7 Å². The van der Waals surface area contributed by atoms with Gasteiger partial charge in [-0.3, -0.25) is 0 Å². The van der Waals surface area contributed by atoms with Gasteiger partial charge in [0.15, 0.2) is 5.96 Å². The van der Waals surface area contributed by atoms with Crippen LogP contribution in [-0.2, 0) is 6.42 Å². The number of aryl methyl sites for hydroxylation is 1. The zero-order valence-corrected chi connectivity index (χ0v) is 12.9. The summed E-state index contributed by atoms with van der Waals surface area (Å²) in [5, 5.41) is 3.16. The third-order valence-corrected chi connectivity index (χ3v) is 3.67. The molecular formula is C15H16IN3. The number of anilines is 1. The van der Waals surface area contributed by atoms with E-state index in [-0.39, 0.29) is 0 Å². The van der Waals surface area contributed by atoms with Crippen molar-refractivity contribution in [1.29, 1.82) is 0 Å². The average Bonchev–Trinajstić information content (AvgIpc) is 2.42. The SMILES string of the molecule is CCc1ccccc1NC(N)=Nc1ccccc1I. The van der Waals surface area contributed by atoms with E-state index in [2.05, 4.69) is 45.9 Å². The maximum Gasteiger partial charge on any atom is 0.198 e. The van der Waals surface area contributed by atoms with Gasteiger partial charge in [0, 0.05) is 9.26 Å². The molecule has 0 atom stereocenters. The normalized spacial score (nSPS) is 11.4. The van der Waals surface area contributed by atoms with E-state index in [0.29, 0.717) is 5.96 Å². The Hall–Kier alpha value is -1.56. The highest BCUT2D eigenvalue weighted by Gasteiger charge is 2.02. The molecule has 0 unspecified atom stereocenters. The molecule has 0 bridgehead atoms. The van der Waals surface area contributed by atoms with Crippen LogP contribution < -0.4 is 11.1 Å². The monoisotopic (exact) mass is 365 g/mol. The number of aliphatic imine (C=N–C) groups is 1. The Morgan fingerprint density at radius 2 is 1.84 bits per heavy atom. The fraction of sp³-hybridized carbons (Fsp3) is 0.133. The molecule has 0 aliphatic carbocycles. The van der Waals surface area contributed by atoms with Gasteiger partial charge in [-0.2, -0.15) is 0 Å². The van der Waals surface area contributed by atoms with E-state index in [4.69, 9.17) is 5.73 Å². The van der Waals surface area contributed by atoms with E-state index in [1.807, 2.05) is 42.5 Å². The van der Waals surface area contributed by atoms with Crippen LogP contribution >= 0.6 is 22.6 Å². The molecule has 3 nitrogen and oxygen atoms in total. The second-order valence-corrected chi connectivity index (χ2v) is 5.25. The summed E-state index contributed by atoms with van der Waals surface area (Å²) in [6.45, 7) is 2.12. The number of hydrogen-bond acceptors (Lipinski definition) is 1. The minimum atomic E-state index is 0.407. The van der Waals surface area contributed by atoms with E-state index in [1.165, 1.54) is 5.56 Å². The van der Waals surface area contributed by atoms with E-state index < -0.39 is 0 Å². The van der Waals surface area contributed by atoms with Crippen LogP contribution in [-0.4, -0.2) is 5.96 Å². The molecule has 0 aliphatic rings. The van der Waals surface area contributed by atoms with Gasteiger partial charge in [0.05, 0.1) is 5.69 Å². The number of halogens is 1. The lowest BCUT2D eigenvalue weighted by molar-refractivity contribution is 1.14. The Kier molecular flexibility index (Phi) is 4.79. The zero-order valence-electron chi connectivity index (χ0n) is 10.7. The topological polar surface area (TPSA) is 50.4 Å². The summed E-state index contributed by atoms with van der Waals surface area (Å²) < 4.78 is 1.08. The van der Waals surface area contributed by atoms with Gasteiger partial charge in [-0.25, -0.2) is 4.99 Å². The van der Waals surface area contributed by atoms with Gasteiger partial charge in [0.2, 0.25) is 0 Å². The van der Waals surface area contributed by atoms with Gasteiger partial charge in [-0.15, -0.1) is 0 Å². The van der Waals surface area contributed by atoms with Crippen LogP contribution in [0.25, 0.3) is 0 Å². The largest absolute Gasteiger partial charge is 0.369 e. The van der Waals surface area contributed by atoms with Crippen molar-refractivity contribution in [2.75, 3.05) is 5.32 Å². The van der Waals surface area contributed by atoms with Gasteiger partial charge < -0.3 is 11.1 Å². The van der Waals surface area contributed by atoms with Gasteiger partial charge in [0.1, 0.15) is 0 Å². The van der Waals surface area contributed by atoms with Gasteiger partial charge in [-0.1, -0.05) is 37.3 Å². The molecule has 0 saturated carbocycles. The van der Waals surface area contributed by atoms with Crippen LogP contribution in [0.5, 0.6) is 0 Å². The second kappa shape index (κ2) is 6.56. The number of hydrogen-bond donors (Lipinski definition) is 2. The highest BCUT2D eigenvalue weighted by Crippen LogP contribution is 2.21. The summed E-state index contributed by atoms with van der Waals surface area (Å²) >= 11 is 2.25. The molecule has 3 N–H and O–H groups in total. The first-order valence-corrected chi connectivity index (χ1v) is 7.22. The number of benzene rings is 2. The smallest absolute Gasteiger partial charge is 0.198 e. The molecule has 0 radical (unpaired) electrons. The molecule has 4 heteroatoms. The second-order valence-electron chi connectivity index (χ2n) is 4.08. The molecular weight excluding hydrogens is 349 g/mol. The first-order chi connectivity index (χ1) is 9.20. The maximum absolute atomic E-state index is 5.97. The molecule has 0 fully saturated rings. The average molecular weight is 365 g/mol. The third kappa shape index (κ3) is 3.70. The van der Waals surface area contributed by atoms with E-state index in [1.54, 1.807) is 0 Å². The molecule has 2 aromatic rings. The number of rotatable bonds is 3. The lowest BCUT2D eigenvalue weighted by atomic mass is 10.1. The molecule has 0 heterocycles. The van der Waals surface area contributed by atoms with Crippen molar-refractivity contribution < 1.29 is 0 Å². The fourth-order valence-electron chi connectivity index (χ4n) is 1.79. The Labute approximate surface area is 127 Å². The summed E-state index contributed by atoms with van der Waals surface area (Å²) in [5.74, 6) is 0.407. The van der Waals surface area contributed by atoms with Crippen molar-refractivity contribution in [2.24, 2.45) is 10.7 Å². The third-order valence-electron chi connectivity index (χ3n) is 2.75. The van der Waals surface area contributed by atoms with Crippen LogP contribution in [0.2, 0.25) is 0 Å². The minimum absolute atomic E-state index is 0.407.